The molecule has 0 aliphatic rings. The molecule has 31 heavy (non-hydrogen) atoms. The second-order valence-electron chi connectivity index (χ2n) is 6.85. The van der Waals surface area contributed by atoms with Crippen molar-refractivity contribution in [3.05, 3.63) is 101 Å². The van der Waals surface area contributed by atoms with Gasteiger partial charge in [-0.15, -0.1) is 0 Å². The number of rotatable bonds is 8. The third kappa shape index (κ3) is 5.57. The van der Waals surface area contributed by atoms with E-state index in [9.17, 15) is 14.4 Å². The van der Waals surface area contributed by atoms with Crippen LogP contribution in [0.5, 0.6) is 5.75 Å². The zero-order chi connectivity index (χ0) is 22.2. The number of amides is 1. The van der Waals surface area contributed by atoms with E-state index in [1.54, 1.807) is 49.6 Å². The minimum atomic E-state index is -0.979. The molecule has 0 saturated heterocycles. The molecule has 0 aromatic heterocycles. The third-order valence-corrected chi connectivity index (χ3v) is 4.72. The summed E-state index contributed by atoms with van der Waals surface area (Å²) in [6.07, 6.45) is -0.979. The highest BCUT2D eigenvalue weighted by Gasteiger charge is 2.19. The molecule has 6 heteroatoms. The van der Waals surface area contributed by atoms with Crippen LogP contribution < -0.4 is 10.1 Å². The molecule has 3 aromatic carbocycles. The van der Waals surface area contributed by atoms with E-state index >= 15 is 0 Å². The molecule has 0 fully saturated rings. The molecule has 6 nitrogen and oxygen atoms in total. The van der Waals surface area contributed by atoms with Crippen LogP contribution in [0.4, 0.5) is 0 Å². The number of hydrogen-bond donors (Lipinski definition) is 1. The number of nitrogens with one attached hydrogen (secondary N) is 1. The number of ketones is 1. The Morgan fingerprint density at radius 2 is 1.39 bits per heavy atom. The Morgan fingerprint density at radius 1 is 0.806 bits per heavy atom. The summed E-state index contributed by atoms with van der Waals surface area (Å²) in [7, 11) is 1.56. The Balaban J connectivity index is 1.56. The first-order valence-electron chi connectivity index (χ1n) is 9.80. The third-order valence-electron chi connectivity index (χ3n) is 4.72. The van der Waals surface area contributed by atoms with Crippen LogP contribution in [0.1, 0.15) is 38.8 Å². The van der Waals surface area contributed by atoms with Gasteiger partial charge in [0.05, 0.1) is 12.7 Å². The molecular weight excluding hydrogens is 394 g/mol. The summed E-state index contributed by atoms with van der Waals surface area (Å²) in [6, 6.07) is 22.4. The van der Waals surface area contributed by atoms with E-state index in [-0.39, 0.29) is 17.9 Å². The van der Waals surface area contributed by atoms with Gasteiger partial charge in [0.15, 0.2) is 11.9 Å². The topological polar surface area (TPSA) is 81.7 Å². The Hall–Kier alpha value is -3.93. The number of esters is 1. The molecule has 0 spiro atoms. The SMILES string of the molecule is COc1ccccc1CNC(=O)[C@H](C)OC(=O)c1ccc(C(=O)c2ccccc2)cc1. The first-order chi connectivity index (χ1) is 15.0. The summed E-state index contributed by atoms with van der Waals surface area (Å²) in [5.41, 5.74) is 2.10. The molecular formula is C25H23NO5. The van der Waals surface area contributed by atoms with E-state index < -0.39 is 18.0 Å². The Labute approximate surface area is 180 Å². The number of benzene rings is 3. The number of carbonyl (C=O) groups is 3. The zero-order valence-electron chi connectivity index (χ0n) is 17.3. The fraction of sp³-hybridized carbons (Fsp3) is 0.160. The van der Waals surface area contributed by atoms with Crippen molar-refractivity contribution >= 4 is 17.7 Å². The van der Waals surface area contributed by atoms with E-state index in [2.05, 4.69) is 5.32 Å². The molecule has 0 radical (unpaired) electrons. The van der Waals surface area contributed by atoms with Crippen molar-refractivity contribution in [1.82, 2.24) is 5.32 Å². The van der Waals surface area contributed by atoms with Crippen LogP contribution in [0.25, 0.3) is 0 Å². The van der Waals surface area contributed by atoms with Gasteiger partial charge in [-0.25, -0.2) is 4.79 Å². The predicted octanol–water partition coefficient (Wildman–Crippen LogP) is 3.79. The van der Waals surface area contributed by atoms with E-state index in [0.29, 0.717) is 16.9 Å². The lowest BCUT2D eigenvalue weighted by molar-refractivity contribution is -0.129. The molecule has 0 bridgehead atoms. The maximum atomic E-state index is 12.5. The van der Waals surface area contributed by atoms with Crippen LogP contribution in [0.2, 0.25) is 0 Å². The highest BCUT2D eigenvalue weighted by atomic mass is 16.5. The molecule has 0 unspecified atom stereocenters. The van der Waals surface area contributed by atoms with Crippen molar-refractivity contribution in [1.29, 1.82) is 0 Å². The Kier molecular flexibility index (Phi) is 7.17. The van der Waals surface area contributed by atoms with Gasteiger partial charge in [-0.05, 0) is 25.1 Å². The molecule has 158 valence electrons. The summed E-state index contributed by atoms with van der Waals surface area (Å²) in [6.45, 7) is 1.75. The van der Waals surface area contributed by atoms with Gasteiger partial charge >= 0.3 is 5.97 Å². The van der Waals surface area contributed by atoms with Crippen LogP contribution in [0.3, 0.4) is 0 Å². The Morgan fingerprint density at radius 3 is 2.06 bits per heavy atom. The maximum absolute atomic E-state index is 12.5. The quantitative estimate of drug-likeness (QED) is 0.446. The van der Waals surface area contributed by atoms with Crippen LogP contribution in [0, 0.1) is 0 Å². The lowest BCUT2D eigenvalue weighted by Gasteiger charge is -2.14. The van der Waals surface area contributed by atoms with Crippen molar-refractivity contribution in [2.75, 3.05) is 7.11 Å². The van der Waals surface area contributed by atoms with Crippen molar-refractivity contribution in [2.24, 2.45) is 0 Å². The van der Waals surface area contributed by atoms with Gasteiger partial charge in [0.2, 0.25) is 0 Å². The number of ether oxygens (including phenoxy) is 2. The number of hydrogen-bond acceptors (Lipinski definition) is 5. The van der Waals surface area contributed by atoms with Gasteiger partial charge in [-0.1, -0.05) is 60.7 Å². The normalized spacial score (nSPS) is 11.3. The summed E-state index contributed by atoms with van der Waals surface area (Å²) in [4.78, 5) is 37.1. The van der Waals surface area contributed by atoms with Crippen molar-refractivity contribution in [3.8, 4) is 5.75 Å². The average Bonchev–Trinajstić information content (AvgIpc) is 2.82. The number of methoxy groups -OCH3 is 1. The molecule has 3 aromatic rings. The highest BCUT2D eigenvalue weighted by molar-refractivity contribution is 6.09. The van der Waals surface area contributed by atoms with Crippen molar-refractivity contribution in [3.63, 3.8) is 0 Å². The monoisotopic (exact) mass is 417 g/mol. The number of carbonyl (C=O) groups excluding carboxylic acids is 3. The second-order valence-corrected chi connectivity index (χ2v) is 6.85. The highest BCUT2D eigenvalue weighted by Crippen LogP contribution is 2.17. The van der Waals surface area contributed by atoms with Gasteiger partial charge in [-0.3, -0.25) is 9.59 Å². The zero-order valence-corrected chi connectivity index (χ0v) is 17.3. The first-order valence-corrected chi connectivity index (χ1v) is 9.80. The lowest BCUT2D eigenvalue weighted by atomic mass is 10.0. The van der Waals surface area contributed by atoms with Gasteiger partial charge in [0.25, 0.3) is 5.91 Å². The summed E-state index contributed by atoms with van der Waals surface area (Å²) >= 11 is 0. The van der Waals surface area contributed by atoms with E-state index in [1.165, 1.54) is 19.1 Å². The van der Waals surface area contributed by atoms with E-state index in [1.807, 2.05) is 24.3 Å². The standard InChI is InChI=1S/C25H23NO5/c1-17(24(28)26-16-21-10-6-7-11-22(21)30-2)31-25(29)20-14-12-19(13-15-20)23(27)18-8-4-3-5-9-18/h3-15,17H,16H2,1-2H3,(H,26,28)/t17-/m0/s1. The van der Waals surface area contributed by atoms with Crippen molar-refractivity contribution < 1.29 is 23.9 Å². The largest absolute Gasteiger partial charge is 0.496 e. The maximum Gasteiger partial charge on any atom is 0.338 e. The number of para-hydroxylation sites is 1. The molecule has 1 N–H and O–H groups in total. The molecule has 0 saturated carbocycles. The molecule has 0 aliphatic heterocycles. The van der Waals surface area contributed by atoms with Crippen molar-refractivity contribution in [2.45, 2.75) is 19.6 Å². The summed E-state index contributed by atoms with van der Waals surface area (Å²) in [5, 5.41) is 2.73. The lowest BCUT2D eigenvalue weighted by Crippen LogP contribution is -2.35. The van der Waals surface area contributed by atoms with Gasteiger partial charge in [0, 0.05) is 23.2 Å². The van der Waals surface area contributed by atoms with Gasteiger partial charge in [-0.2, -0.15) is 0 Å². The molecule has 0 heterocycles. The molecule has 1 atom stereocenters. The smallest absolute Gasteiger partial charge is 0.338 e. The van der Waals surface area contributed by atoms with E-state index in [0.717, 1.165) is 5.56 Å². The molecule has 0 aliphatic carbocycles. The van der Waals surface area contributed by atoms with Crippen LogP contribution in [-0.4, -0.2) is 30.9 Å². The van der Waals surface area contributed by atoms with Gasteiger partial charge in [0.1, 0.15) is 5.75 Å². The fourth-order valence-electron chi connectivity index (χ4n) is 2.97. The van der Waals surface area contributed by atoms with Crippen LogP contribution >= 0.6 is 0 Å². The molecule has 3 rings (SSSR count). The Bertz CT molecular complexity index is 1060. The minimum absolute atomic E-state index is 0.135. The fourth-order valence-corrected chi connectivity index (χ4v) is 2.97. The van der Waals surface area contributed by atoms with E-state index in [4.69, 9.17) is 9.47 Å². The van der Waals surface area contributed by atoms with Crippen LogP contribution in [-0.2, 0) is 16.1 Å². The van der Waals surface area contributed by atoms with Gasteiger partial charge < -0.3 is 14.8 Å². The first kappa shape index (κ1) is 21.8. The van der Waals surface area contributed by atoms with Crippen LogP contribution in [0.15, 0.2) is 78.9 Å². The average molecular weight is 417 g/mol. The minimum Gasteiger partial charge on any atom is -0.496 e. The predicted molar refractivity (Wildman–Crippen MR) is 116 cm³/mol. The molecule has 1 amide bonds. The second kappa shape index (κ2) is 10.2. The summed E-state index contributed by atoms with van der Waals surface area (Å²) < 4.78 is 10.5. The summed E-state index contributed by atoms with van der Waals surface area (Å²) in [5.74, 6) is -0.532.